The van der Waals surface area contributed by atoms with Gasteiger partial charge in [-0.1, -0.05) is 72.8 Å². The van der Waals surface area contributed by atoms with Gasteiger partial charge in [0.15, 0.2) is 17.0 Å². The van der Waals surface area contributed by atoms with Crippen LogP contribution in [-0.2, 0) is 15.1 Å². The number of aliphatic hydroxyl groups excluding tert-OH is 1. The largest absolute Gasteiger partial charge is 0.497 e. The third-order valence-electron chi connectivity index (χ3n) is 8.80. The van der Waals surface area contributed by atoms with E-state index in [1.807, 2.05) is 84.9 Å². The van der Waals surface area contributed by atoms with Crippen LogP contribution in [0.4, 0.5) is 5.82 Å². The molecule has 0 radical (unpaired) electrons. The van der Waals surface area contributed by atoms with Gasteiger partial charge in [-0.2, -0.15) is 0 Å². The summed E-state index contributed by atoms with van der Waals surface area (Å²) in [7, 11) is 3.26. The molecular formula is C38H35N5O6. The van der Waals surface area contributed by atoms with E-state index in [2.05, 4.69) is 20.3 Å². The predicted octanol–water partition coefficient (Wildman–Crippen LogP) is 5.75. The van der Waals surface area contributed by atoms with Gasteiger partial charge >= 0.3 is 0 Å². The Morgan fingerprint density at radius 3 is 2.02 bits per heavy atom. The number of fused-ring (bicyclic) bond motifs is 1. The number of imidazole rings is 1. The lowest BCUT2D eigenvalue weighted by Crippen LogP contribution is -2.40. The highest BCUT2D eigenvalue weighted by Gasteiger charge is 2.46. The Bertz CT molecular complexity index is 1970. The number of ether oxygens (including phenoxy) is 4. The molecule has 1 aliphatic heterocycles. The van der Waals surface area contributed by atoms with Crippen molar-refractivity contribution in [3.63, 3.8) is 0 Å². The molecule has 1 fully saturated rings. The summed E-state index contributed by atoms with van der Waals surface area (Å²) in [5, 5.41) is 13.5. The van der Waals surface area contributed by atoms with E-state index >= 15 is 0 Å². The van der Waals surface area contributed by atoms with Crippen molar-refractivity contribution in [2.45, 2.75) is 30.5 Å². The van der Waals surface area contributed by atoms with Crippen LogP contribution in [-0.4, -0.2) is 63.6 Å². The van der Waals surface area contributed by atoms with Crippen LogP contribution in [0, 0.1) is 0 Å². The average molecular weight is 658 g/mol. The lowest BCUT2D eigenvalue weighted by atomic mass is 9.79. The first kappa shape index (κ1) is 32.0. The van der Waals surface area contributed by atoms with E-state index in [1.54, 1.807) is 49.4 Å². The molecule has 11 nitrogen and oxygen atoms in total. The molecule has 248 valence electrons. The Morgan fingerprint density at radius 1 is 0.837 bits per heavy atom. The molecule has 0 saturated carbocycles. The number of rotatable bonds is 11. The van der Waals surface area contributed by atoms with Crippen LogP contribution in [0.15, 0.2) is 122 Å². The van der Waals surface area contributed by atoms with E-state index in [0.29, 0.717) is 34.6 Å². The summed E-state index contributed by atoms with van der Waals surface area (Å²) in [5.41, 5.74) is 2.90. The third-order valence-corrected chi connectivity index (χ3v) is 8.80. The summed E-state index contributed by atoms with van der Waals surface area (Å²) >= 11 is 0. The second kappa shape index (κ2) is 13.9. The topological polar surface area (TPSA) is 130 Å². The maximum Gasteiger partial charge on any atom is 0.256 e. The van der Waals surface area contributed by atoms with E-state index in [9.17, 15) is 9.90 Å². The van der Waals surface area contributed by atoms with Crippen LogP contribution in [0.25, 0.3) is 11.2 Å². The molecule has 4 aromatic carbocycles. The molecule has 0 aliphatic carbocycles. The second-order valence-electron chi connectivity index (χ2n) is 11.6. The minimum atomic E-state index is -1.11. The Kier molecular flexibility index (Phi) is 9.03. The fourth-order valence-corrected chi connectivity index (χ4v) is 6.34. The lowest BCUT2D eigenvalue weighted by molar-refractivity contribution is -0.0988. The molecule has 0 bridgehead atoms. The van der Waals surface area contributed by atoms with Gasteiger partial charge in [0.1, 0.15) is 35.8 Å². The van der Waals surface area contributed by atoms with Crippen molar-refractivity contribution in [3.8, 4) is 11.5 Å². The number of methoxy groups -OCH3 is 2. The number of hydrogen-bond acceptors (Lipinski definition) is 9. The van der Waals surface area contributed by atoms with Crippen molar-refractivity contribution in [1.29, 1.82) is 0 Å². The second-order valence-corrected chi connectivity index (χ2v) is 11.6. The van der Waals surface area contributed by atoms with Crippen molar-refractivity contribution in [2.75, 3.05) is 26.1 Å². The minimum absolute atomic E-state index is 0.280. The van der Waals surface area contributed by atoms with Gasteiger partial charge in [0.05, 0.1) is 33.3 Å². The molecule has 1 amide bonds. The molecule has 7 rings (SSSR count). The molecule has 3 atom stereocenters. The van der Waals surface area contributed by atoms with Crippen molar-refractivity contribution >= 4 is 22.9 Å². The summed E-state index contributed by atoms with van der Waals surface area (Å²) in [5.74, 6) is 1.40. The summed E-state index contributed by atoms with van der Waals surface area (Å²) in [4.78, 5) is 26.2. The van der Waals surface area contributed by atoms with Gasteiger partial charge in [0, 0.05) is 12.0 Å². The number of amides is 1. The van der Waals surface area contributed by atoms with Crippen LogP contribution >= 0.6 is 0 Å². The van der Waals surface area contributed by atoms with E-state index in [1.165, 1.54) is 6.33 Å². The van der Waals surface area contributed by atoms with Gasteiger partial charge in [-0.3, -0.25) is 9.36 Å². The fourth-order valence-electron chi connectivity index (χ4n) is 6.34. The highest BCUT2D eigenvalue weighted by atomic mass is 16.6. The van der Waals surface area contributed by atoms with Crippen LogP contribution in [0.2, 0.25) is 0 Å². The summed E-state index contributed by atoms with van der Waals surface area (Å²) < 4.78 is 26.5. The SMILES string of the molecule is COc1ccc(C(OC2C[C@H](n3cnc4c(NC(=O)c5ccccc5)ncnc43)O[C@@H]2CO)(c2ccccc2)c2ccc(OC)cc2)cc1. The normalized spacial score (nSPS) is 17.6. The van der Waals surface area contributed by atoms with E-state index in [0.717, 1.165) is 16.7 Å². The molecule has 49 heavy (non-hydrogen) atoms. The van der Waals surface area contributed by atoms with E-state index in [-0.39, 0.29) is 18.3 Å². The Hall–Kier alpha value is -5.62. The highest BCUT2D eigenvalue weighted by Crippen LogP contribution is 2.46. The number of nitrogens with one attached hydrogen (secondary N) is 1. The number of carbonyl (C=O) groups is 1. The van der Waals surface area contributed by atoms with Crippen LogP contribution in [0.5, 0.6) is 11.5 Å². The number of aliphatic hydroxyl groups is 1. The van der Waals surface area contributed by atoms with E-state index < -0.39 is 24.0 Å². The van der Waals surface area contributed by atoms with Gasteiger partial charge in [-0.05, 0) is 53.1 Å². The Balaban J connectivity index is 1.26. The number of carbonyl (C=O) groups excluding carboxylic acids is 1. The van der Waals surface area contributed by atoms with Crippen molar-refractivity contribution in [2.24, 2.45) is 0 Å². The first-order valence-electron chi connectivity index (χ1n) is 15.9. The number of nitrogens with zero attached hydrogens (tertiary/aromatic N) is 4. The van der Waals surface area contributed by atoms with Crippen molar-refractivity contribution in [3.05, 3.63) is 144 Å². The average Bonchev–Trinajstić information content (AvgIpc) is 3.79. The predicted molar refractivity (Wildman–Crippen MR) is 183 cm³/mol. The van der Waals surface area contributed by atoms with Crippen LogP contribution in [0.1, 0.15) is 39.7 Å². The molecule has 3 heterocycles. The fraction of sp³-hybridized carbons (Fsp3) is 0.211. The maximum absolute atomic E-state index is 12.9. The maximum atomic E-state index is 12.9. The van der Waals surface area contributed by atoms with Crippen LogP contribution < -0.4 is 14.8 Å². The minimum Gasteiger partial charge on any atom is -0.497 e. The van der Waals surface area contributed by atoms with Crippen molar-refractivity contribution in [1.82, 2.24) is 19.5 Å². The summed E-state index contributed by atoms with van der Waals surface area (Å²) in [6.45, 7) is -0.280. The van der Waals surface area contributed by atoms with Crippen molar-refractivity contribution < 1.29 is 28.8 Å². The van der Waals surface area contributed by atoms with Gasteiger partial charge in [-0.25, -0.2) is 15.0 Å². The molecular weight excluding hydrogens is 622 g/mol. The Morgan fingerprint density at radius 2 is 1.43 bits per heavy atom. The molecule has 0 spiro atoms. The first-order valence-corrected chi connectivity index (χ1v) is 15.9. The highest BCUT2D eigenvalue weighted by molar-refractivity contribution is 6.06. The standard InChI is InChI=1S/C38H35N5O6/c1-46-29-17-13-27(14-18-29)38(26-11-7-4-8-12-26,28-15-19-30(47-2)20-16-28)49-31-21-33(48-32(31)22-44)43-24-41-34-35(39-23-40-36(34)43)42-37(45)25-9-5-3-6-10-25/h3-20,23-24,31-33,44H,21-22H2,1-2H3,(H,39,40,42,45)/t31?,32-,33-/m1/s1. The van der Waals surface area contributed by atoms with E-state index in [4.69, 9.17) is 18.9 Å². The lowest BCUT2D eigenvalue weighted by Gasteiger charge is -2.39. The zero-order chi connectivity index (χ0) is 33.8. The molecule has 1 unspecified atom stereocenters. The molecule has 11 heteroatoms. The first-order chi connectivity index (χ1) is 24.0. The summed E-state index contributed by atoms with van der Waals surface area (Å²) in [6.07, 6.45) is 1.52. The molecule has 2 aromatic heterocycles. The Labute approximate surface area is 283 Å². The number of anilines is 1. The molecule has 6 aromatic rings. The molecule has 1 saturated heterocycles. The third kappa shape index (κ3) is 6.11. The van der Waals surface area contributed by atoms with Gasteiger partial charge in [-0.15, -0.1) is 0 Å². The smallest absolute Gasteiger partial charge is 0.256 e. The quantitative estimate of drug-likeness (QED) is 0.167. The summed E-state index contributed by atoms with van der Waals surface area (Å²) in [6, 6.07) is 34.4. The van der Waals surface area contributed by atoms with Gasteiger partial charge in [0.25, 0.3) is 5.91 Å². The van der Waals surface area contributed by atoms with Gasteiger partial charge in [0.2, 0.25) is 0 Å². The zero-order valence-electron chi connectivity index (χ0n) is 27.0. The van der Waals surface area contributed by atoms with Crippen LogP contribution in [0.3, 0.4) is 0 Å². The number of aromatic nitrogens is 4. The monoisotopic (exact) mass is 657 g/mol. The van der Waals surface area contributed by atoms with Gasteiger partial charge < -0.3 is 29.4 Å². The molecule has 2 N–H and O–H groups in total. The molecule has 1 aliphatic rings. The number of benzene rings is 4. The number of hydrogen-bond donors (Lipinski definition) is 2. The zero-order valence-corrected chi connectivity index (χ0v) is 27.0.